The molecule has 5 nitrogen and oxygen atoms in total. The Kier molecular flexibility index (Phi) is 3.73. The van der Waals surface area contributed by atoms with Crippen LogP contribution in [0, 0.1) is 0 Å². The number of ether oxygens (including phenoxy) is 2. The standard InChI is InChI=1S/C18H19NO4S/c1-22-12-5-7-13(8-6-12)24(20,21)17-4-2-3-15-14-9-10-19-11-16(14)23-18(15)17/h2-8,14,16,19H,9-11H2,1H3. The normalized spacial score (nSPS) is 22.4. The van der Waals surface area contributed by atoms with E-state index in [1.807, 2.05) is 12.1 Å². The first kappa shape index (κ1) is 15.5. The number of para-hydroxylation sites is 1. The summed E-state index contributed by atoms with van der Waals surface area (Å²) < 4.78 is 37.3. The Balaban J connectivity index is 1.78. The molecule has 0 aliphatic carbocycles. The second kappa shape index (κ2) is 5.79. The molecule has 6 heteroatoms. The molecular weight excluding hydrogens is 326 g/mol. The molecule has 2 aliphatic heterocycles. The van der Waals surface area contributed by atoms with Crippen molar-refractivity contribution < 1.29 is 17.9 Å². The molecule has 1 saturated heterocycles. The van der Waals surface area contributed by atoms with E-state index < -0.39 is 9.84 Å². The van der Waals surface area contributed by atoms with Gasteiger partial charge in [0.05, 0.1) is 12.0 Å². The molecule has 0 amide bonds. The maximum Gasteiger partial charge on any atom is 0.210 e. The first-order chi connectivity index (χ1) is 11.6. The summed E-state index contributed by atoms with van der Waals surface area (Å²) in [5.74, 6) is 1.42. The molecule has 1 fully saturated rings. The van der Waals surface area contributed by atoms with Gasteiger partial charge < -0.3 is 14.8 Å². The maximum absolute atomic E-state index is 13.1. The number of benzene rings is 2. The summed E-state index contributed by atoms with van der Waals surface area (Å²) in [4.78, 5) is 0.493. The summed E-state index contributed by atoms with van der Waals surface area (Å²) >= 11 is 0. The second-order valence-corrected chi connectivity index (χ2v) is 8.03. The zero-order valence-corrected chi connectivity index (χ0v) is 14.2. The van der Waals surface area contributed by atoms with Gasteiger partial charge in [-0.2, -0.15) is 0 Å². The van der Waals surface area contributed by atoms with Crippen LogP contribution in [-0.4, -0.2) is 34.7 Å². The molecule has 24 heavy (non-hydrogen) atoms. The van der Waals surface area contributed by atoms with Crippen LogP contribution in [0.1, 0.15) is 17.9 Å². The minimum Gasteiger partial charge on any atom is -0.497 e. The third-order valence-electron chi connectivity index (χ3n) is 4.76. The van der Waals surface area contributed by atoms with E-state index in [1.54, 1.807) is 37.4 Å². The number of fused-ring (bicyclic) bond motifs is 3. The fourth-order valence-electron chi connectivity index (χ4n) is 3.51. The molecule has 4 rings (SSSR count). The number of sulfone groups is 1. The maximum atomic E-state index is 13.1. The Morgan fingerprint density at radius 2 is 1.96 bits per heavy atom. The molecule has 0 bridgehead atoms. The van der Waals surface area contributed by atoms with Gasteiger partial charge in [-0.25, -0.2) is 8.42 Å². The molecule has 1 N–H and O–H groups in total. The highest BCUT2D eigenvalue weighted by atomic mass is 32.2. The minimum atomic E-state index is -3.63. The molecule has 0 aromatic heterocycles. The molecule has 2 aromatic rings. The second-order valence-electron chi connectivity index (χ2n) is 6.11. The van der Waals surface area contributed by atoms with Crippen molar-refractivity contribution in [2.24, 2.45) is 0 Å². The fraction of sp³-hybridized carbons (Fsp3) is 0.333. The van der Waals surface area contributed by atoms with Crippen LogP contribution in [0.15, 0.2) is 52.3 Å². The van der Waals surface area contributed by atoms with E-state index in [1.165, 1.54) is 0 Å². The Morgan fingerprint density at radius 1 is 1.17 bits per heavy atom. The van der Waals surface area contributed by atoms with Crippen LogP contribution in [0.4, 0.5) is 0 Å². The van der Waals surface area contributed by atoms with Gasteiger partial charge in [0.25, 0.3) is 0 Å². The molecule has 2 heterocycles. The Bertz CT molecular complexity index is 861. The van der Waals surface area contributed by atoms with Gasteiger partial charge in [0.2, 0.25) is 9.84 Å². The summed E-state index contributed by atoms with van der Waals surface area (Å²) in [5, 5.41) is 3.31. The summed E-state index contributed by atoms with van der Waals surface area (Å²) in [6.07, 6.45) is 0.977. The third-order valence-corrected chi connectivity index (χ3v) is 6.56. The molecule has 2 aromatic carbocycles. The molecule has 0 spiro atoms. The zero-order chi connectivity index (χ0) is 16.7. The lowest BCUT2D eigenvalue weighted by Crippen LogP contribution is -2.39. The molecule has 2 unspecified atom stereocenters. The van der Waals surface area contributed by atoms with Gasteiger partial charge in [0.15, 0.2) is 0 Å². The van der Waals surface area contributed by atoms with Crippen molar-refractivity contribution in [3.05, 3.63) is 48.0 Å². The highest BCUT2D eigenvalue weighted by molar-refractivity contribution is 7.91. The van der Waals surface area contributed by atoms with Gasteiger partial charge in [0, 0.05) is 18.0 Å². The van der Waals surface area contributed by atoms with Crippen molar-refractivity contribution in [2.45, 2.75) is 28.2 Å². The average Bonchev–Trinajstić information content (AvgIpc) is 3.00. The van der Waals surface area contributed by atoms with Crippen molar-refractivity contribution in [3.63, 3.8) is 0 Å². The van der Waals surface area contributed by atoms with Gasteiger partial charge in [-0.1, -0.05) is 12.1 Å². The number of methoxy groups -OCH3 is 1. The van der Waals surface area contributed by atoms with E-state index in [2.05, 4.69) is 5.32 Å². The van der Waals surface area contributed by atoms with Crippen LogP contribution in [-0.2, 0) is 9.84 Å². The predicted octanol–water partition coefficient (Wildman–Crippen LogP) is 2.37. The molecule has 2 atom stereocenters. The van der Waals surface area contributed by atoms with Gasteiger partial charge in [-0.05, 0) is 43.3 Å². The summed E-state index contributed by atoms with van der Waals surface area (Å²) in [5.41, 5.74) is 1.01. The summed E-state index contributed by atoms with van der Waals surface area (Å²) in [7, 11) is -2.08. The van der Waals surface area contributed by atoms with E-state index in [9.17, 15) is 8.42 Å². The molecular formula is C18H19NO4S. The van der Waals surface area contributed by atoms with Crippen LogP contribution in [0.3, 0.4) is 0 Å². The van der Waals surface area contributed by atoms with Gasteiger partial charge in [-0.3, -0.25) is 0 Å². The van der Waals surface area contributed by atoms with Crippen LogP contribution >= 0.6 is 0 Å². The van der Waals surface area contributed by atoms with Crippen molar-refractivity contribution in [2.75, 3.05) is 20.2 Å². The Morgan fingerprint density at radius 3 is 2.71 bits per heavy atom. The number of nitrogens with one attached hydrogen (secondary N) is 1. The van der Waals surface area contributed by atoms with E-state index in [0.29, 0.717) is 11.5 Å². The lowest BCUT2D eigenvalue weighted by Gasteiger charge is -2.24. The van der Waals surface area contributed by atoms with Crippen LogP contribution in [0.25, 0.3) is 0 Å². The highest BCUT2D eigenvalue weighted by Gasteiger charge is 2.39. The van der Waals surface area contributed by atoms with Gasteiger partial charge in [-0.15, -0.1) is 0 Å². The van der Waals surface area contributed by atoms with Crippen LogP contribution in [0.2, 0.25) is 0 Å². The first-order valence-corrected chi connectivity index (χ1v) is 9.49. The molecule has 0 radical (unpaired) electrons. The summed E-state index contributed by atoms with van der Waals surface area (Å²) in [6.45, 7) is 1.68. The van der Waals surface area contributed by atoms with Crippen molar-refractivity contribution in [1.29, 1.82) is 0 Å². The lowest BCUT2D eigenvalue weighted by molar-refractivity contribution is 0.173. The first-order valence-electron chi connectivity index (χ1n) is 8.00. The van der Waals surface area contributed by atoms with E-state index in [0.717, 1.165) is 25.1 Å². The highest BCUT2D eigenvalue weighted by Crippen LogP contribution is 2.45. The van der Waals surface area contributed by atoms with Crippen molar-refractivity contribution in [3.8, 4) is 11.5 Å². The summed E-state index contributed by atoms with van der Waals surface area (Å²) in [6, 6.07) is 11.9. The molecule has 0 saturated carbocycles. The SMILES string of the molecule is COc1ccc(S(=O)(=O)c2cccc3c2OC2CNCCC32)cc1. The topological polar surface area (TPSA) is 64.6 Å². The number of piperidine rings is 1. The monoisotopic (exact) mass is 345 g/mol. The molecule has 126 valence electrons. The van der Waals surface area contributed by atoms with Gasteiger partial charge >= 0.3 is 0 Å². The predicted molar refractivity (Wildman–Crippen MR) is 89.5 cm³/mol. The van der Waals surface area contributed by atoms with E-state index in [4.69, 9.17) is 9.47 Å². The Hall–Kier alpha value is -2.05. The fourth-order valence-corrected chi connectivity index (χ4v) is 4.92. The van der Waals surface area contributed by atoms with Crippen LogP contribution < -0.4 is 14.8 Å². The largest absolute Gasteiger partial charge is 0.497 e. The number of hydrogen-bond acceptors (Lipinski definition) is 5. The molecule has 2 aliphatic rings. The van der Waals surface area contributed by atoms with Gasteiger partial charge in [0.1, 0.15) is 22.5 Å². The quantitative estimate of drug-likeness (QED) is 0.925. The zero-order valence-electron chi connectivity index (χ0n) is 13.4. The van der Waals surface area contributed by atoms with Crippen molar-refractivity contribution in [1.82, 2.24) is 5.32 Å². The number of rotatable bonds is 3. The number of hydrogen-bond donors (Lipinski definition) is 1. The van der Waals surface area contributed by atoms with E-state index >= 15 is 0 Å². The average molecular weight is 345 g/mol. The van der Waals surface area contributed by atoms with Crippen molar-refractivity contribution >= 4 is 9.84 Å². The minimum absolute atomic E-state index is 0.0148. The smallest absolute Gasteiger partial charge is 0.210 e. The lowest BCUT2D eigenvalue weighted by atomic mass is 9.90. The Labute approximate surface area is 141 Å². The third kappa shape index (κ3) is 2.37. The van der Waals surface area contributed by atoms with E-state index in [-0.39, 0.29) is 21.8 Å². The van der Waals surface area contributed by atoms with Crippen LogP contribution in [0.5, 0.6) is 11.5 Å².